The number of carbonyl (C=O) groups is 1. The van der Waals surface area contributed by atoms with Crippen LogP contribution in [0.25, 0.3) is 10.2 Å². The molecule has 146 valence electrons. The highest BCUT2D eigenvalue weighted by Gasteiger charge is 2.21. The van der Waals surface area contributed by atoms with E-state index in [2.05, 4.69) is 24.0 Å². The van der Waals surface area contributed by atoms with Crippen molar-refractivity contribution in [2.24, 2.45) is 0 Å². The normalized spacial score (nSPS) is 10.8. The van der Waals surface area contributed by atoms with Crippen molar-refractivity contribution in [1.82, 2.24) is 9.97 Å². The molecule has 0 fully saturated rings. The Balaban J connectivity index is 1.64. The molecule has 6 heteroatoms. The van der Waals surface area contributed by atoms with Crippen molar-refractivity contribution < 1.29 is 9.53 Å². The van der Waals surface area contributed by atoms with Crippen molar-refractivity contribution in [2.45, 2.75) is 20.4 Å². The van der Waals surface area contributed by atoms with E-state index in [0.717, 1.165) is 21.3 Å². The third-order valence-corrected chi connectivity index (χ3v) is 5.54. The molecular weight excluding hydrogens is 382 g/mol. The fraction of sp³-hybridized carbons (Fsp3) is 0.174. The zero-order valence-electron chi connectivity index (χ0n) is 16.3. The summed E-state index contributed by atoms with van der Waals surface area (Å²) in [6.45, 7) is 4.45. The number of amides is 1. The lowest BCUT2D eigenvalue weighted by atomic mass is 10.1. The van der Waals surface area contributed by atoms with Gasteiger partial charge in [-0.2, -0.15) is 0 Å². The molecule has 2 aromatic heterocycles. The fourth-order valence-corrected chi connectivity index (χ4v) is 4.31. The number of ether oxygens (including phenoxy) is 1. The molecule has 0 unspecified atom stereocenters. The number of nitrogens with zero attached hydrogens (tertiary/aromatic N) is 3. The van der Waals surface area contributed by atoms with Gasteiger partial charge in [0, 0.05) is 12.4 Å². The minimum absolute atomic E-state index is 0.0573. The molecule has 0 aliphatic carbocycles. The van der Waals surface area contributed by atoms with Gasteiger partial charge in [0.2, 0.25) is 0 Å². The molecule has 2 heterocycles. The van der Waals surface area contributed by atoms with Gasteiger partial charge in [-0.15, -0.1) is 0 Å². The third-order valence-electron chi connectivity index (χ3n) is 4.52. The molecule has 1 amide bonds. The molecule has 0 aliphatic rings. The highest BCUT2D eigenvalue weighted by molar-refractivity contribution is 7.22. The molecule has 0 bridgehead atoms. The number of thiazole rings is 1. The Morgan fingerprint density at radius 3 is 2.69 bits per heavy atom. The summed E-state index contributed by atoms with van der Waals surface area (Å²) >= 11 is 1.52. The maximum atomic E-state index is 13.1. The Labute approximate surface area is 173 Å². The number of benzene rings is 2. The van der Waals surface area contributed by atoms with Crippen molar-refractivity contribution in [3.8, 4) is 5.75 Å². The standard InChI is InChI=1S/C23H21N3O2S/c1-16-11-17(2)22-20(12-16)29-23(25-22)26(14-18-7-6-10-24-13-18)21(27)15-28-19-8-4-3-5-9-19/h3-13H,14-15H2,1-2H3. The molecule has 5 nitrogen and oxygen atoms in total. The van der Waals surface area contributed by atoms with Crippen molar-refractivity contribution in [1.29, 1.82) is 0 Å². The molecule has 4 rings (SSSR count). The van der Waals surface area contributed by atoms with Crippen LogP contribution in [0.5, 0.6) is 5.75 Å². The SMILES string of the molecule is Cc1cc(C)c2nc(N(Cc3cccnc3)C(=O)COc3ccccc3)sc2c1. The van der Waals surface area contributed by atoms with Crippen LogP contribution in [-0.4, -0.2) is 22.5 Å². The van der Waals surface area contributed by atoms with Gasteiger partial charge in [0.25, 0.3) is 5.91 Å². The van der Waals surface area contributed by atoms with Crippen LogP contribution >= 0.6 is 11.3 Å². The predicted molar refractivity (Wildman–Crippen MR) is 116 cm³/mol. The molecule has 2 aromatic carbocycles. The van der Waals surface area contributed by atoms with Crippen LogP contribution in [0.15, 0.2) is 67.0 Å². The van der Waals surface area contributed by atoms with E-state index < -0.39 is 0 Å². The summed E-state index contributed by atoms with van der Waals surface area (Å²) in [5.74, 6) is 0.518. The fourth-order valence-electron chi connectivity index (χ4n) is 3.15. The van der Waals surface area contributed by atoms with Crippen LogP contribution in [0.3, 0.4) is 0 Å². The van der Waals surface area contributed by atoms with Crippen molar-refractivity contribution >= 4 is 32.6 Å². The highest BCUT2D eigenvalue weighted by atomic mass is 32.1. The van der Waals surface area contributed by atoms with Gasteiger partial charge in [0.1, 0.15) is 5.75 Å². The van der Waals surface area contributed by atoms with Crippen molar-refractivity contribution in [2.75, 3.05) is 11.5 Å². The summed E-state index contributed by atoms with van der Waals surface area (Å²) in [6, 6.07) is 17.4. The first-order valence-corrected chi connectivity index (χ1v) is 10.2. The van der Waals surface area contributed by atoms with Gasteiger partial charge >= 0.3 is 0 Å². The van der Waals surface area contributed by atoms with Crippen LogP contribution in [0.4, 0.5) is 5.13 Å². The summed E-state index contributed by atoms with van der Waals surface area (Å²) in [6.07, 6.45) is 3.49. The average Bonchev–Trinajstić information content (AvgIpc) is 3.16. The minimum atomic E-state index is -0.147. The minimum Gasteiger partial charge on any atom is -0.484 e. The number of rotatable bonds is 6. The summed E-state index contributed by atoms with van der Waals surface area (Å²) in [7, 11) is 0. The number of hydrogen-bond acceptors (Lipinski definition) is 5. The molecule has 4 aromatic rings. The van der Waals surface area contributed by atoms with Gasteiger partial charge in [-0.25, -0.2) is 4.98 Å². The molecular formula is C23H21N3O2S. The average molecular weight is 404 g/mol. The Kier molecular flexibility index (Phi) is 5.53. The zero-order valence-corrected chi connectivity index (χ0v) is 17.1. The van der Waals surface area contributed by atoms with Crippen molar-refractivity contribution in [3.63, 3.8) is 0 Å². The number of pyridine rings is 1. The zero-order chi connectivity index (χ0) is 20.2. The van der Waals surface area contributed by atoms with E-state index in [1.54, 1.807) is 17.3 Å². The highest BCUT2D eigenvalue weighted by Crippen LogP contribution is 2.32. The van der Waals surface area contributed by atoms with E-state index in [4.69, 9.17) is 9.72 Å². The molecule has 0 spiro atoms. The lowest BCUT2D eigenvalue weighted by molar-refractivity contribution is -0.120. The lowest BCUT2D eigenvalue weighted by Gasteiger charge is -2.20. The van der Waals surface area contributed by atoms with Crippen LogP contribution in [0, 0.1) is 13.8 Å². The van der Waals surface area contributed by atoms with E-state index in [1.807, 2.05) is 49.4 Å². The first kappa shape index (κ1) is 19.1. The van der Waals surface area contributed by atoms with Gasteiger partial charge in [0.05, 0.1) is 16.8 Å². The number of para-hydroxylation sites is 1. The van der Waals surface area contributed by atoms with E-state index >= 15 is 0 Å². The maximum absolute atomic E-state index is 13.1. The van der Waals surface area contributed by atoms with E-state index in [9.17, 15) is 4.79 Å². The monoisotopic (exact) mass is 403 g/mol. The Morgan fingerprint density at radius 2 is 1.93 bits per heavy atom. The molecule has 0 aliphatic heterocycles. The maximum Gasteiger partial charge on any atom is 0.267 e. The van der Waals surface area contributed by atoms with Crippen LogP contribution < -0.4 is 9.64 Å². The number of fused-ring (bicyclic) bond motifs is 1. The van der Waals surface area contributed by atoms with Crippen LogP contribution in [0.2, 0.25) is 0 Å². The number of carbonyl (C=O) groups excluding carboxylic acids is 1. The first-order valence-electron chi connectivity index (χ1n) is 9.35. The largest absolute Gasteiger partial charge is 0.484 e. The number of hydrogen-bond donors (Lipinski definition) is 0. The van der Waals surface area contributed by atoms with E-state index in [1.165, 1.54) is 16.9 Å². The van der Waals surface area contributed by atoms with E-state index in [0.29, 0.717) is 17.4 Å². The predicted octanol–water partition coefficient (Wildman–Crippen LogP) is 4.92. The van der Waals surface area contributed by atoms with Gasteiger partial charge in [0.15, 0.2) is 11.7 Å². The summed E-state index contributed by atoms with van der Waals surface area (Å²) in [4.78, 5) is 23.7. The Hall–Kier alpha value is -3.25. The van der Waals surface area contributed by atoms with Gasteiger partial charge in [-0.05, 0) is 54.8 Å². The van der Waals surface area contributed by atoms with Gasteiger partial charge < -0.3 is 4.74 Å². The number of aromatic nitrogens is 2. The van der Waals surface area contributed by atoms with Crippen LogP contribution in [0.1, 0.15) is 16.7 Å². The third kappa shape index (κ3) is 4.43. The molecule has 0 saturated carbocycles. The Bertz CT molecular complexity index is 1130. The van der Waals surface area contributed by atoms with Gasteiger partial charge in [-0.1, -0.05) is 41.7 Å². The van der Waals surface area contributed by atoms with Crippen LogP contribution in [-0.2, 0) is 11.3 Å². The second kappa shape index (κ2) is 8.41. The second-order valence-corrected chi connectivity index (χ2v) is 7.88. The summed E-state index contributed by atoms with van der Waals surface area (Å²) < 4.78 is 6.77. The van der Waals surface area contributed by atoms with Crippen molar-refractivity contribution in [3.05, 3.63) is 83.7 Å². The number of aryl methyl sites for hydroxylation is 2. The molecule has 0 saturated heterocycles. The molecule has 0 N–H and O–H groups in total. The molecule has 29 heavy (non-hydrogen) atoms. The topological polar surface area (TPSA) is 55.3 Å². The molecule has 0 atom stereocenters. The smallest absolute Gasteiger partial charge is 0.267 e. The summed E-state index contributed by atoms with van der Waals surface area (Å²) in [5, 5.41) is 0.666. The van der Waals surface area contributed by atoms with E-state index in [-0.39, 0.29) is 12.5 Å². The Morgan fingerprint density at radius 1 is 1.10 bits per heavy atom. The number of anilines is 1. The molecule has 0 radical (unpaired) electrons. The lowest BCUT2D eigenvalue weighted by Crippen LogP contribution is -2.34. The first-order chi connectivity index (χ1) is 14.1. The van der Waals surface area contributed by atoms with Gasteiger partial charge in [-0.3, -0.25) is 14.7 Å². The summed E-state index contributed by atoms with van der Waals surface area (Å²) in [5.41, 5.74) is 4.16. The quantitative estimate of drug-likeness (QED) is 0.458. The second-order valence-electron chi connectivity index (χ2n) is 6.87.